The van der Waals surface area contributed by atoms with E-state index in [-0.39, 0.29) is 11.9 Å². The van der Waals surface area contributed by atoms with E-state index in [4.69, 9.17) is 10.00 Å². The quantitative estimate of drug-likeness (QED) is 0.726. The van der Waals surface area contributed by atoms with Crippen LogP contribution in [0.5, 0.6) is 5.75 Å². The summed E-state index contributed by atoms with van der Waals surface area (Å²) in [4.78, 5) is 18.4. The molecule has 1 aromatic heterocycles. The molecule has 0 radical (unpaired) electrons. The molecule has 0 bridgehead atoms. The summed E-state index contributed by atoms with van der Waals surface area (Å²) in [6.07, 6.45) is 3.15. The number of aromatic nitrogens is 1. The van der Waals surface area contributed by atoms with Gasteiger partial charge < -0.3 is 9.64 Å². The lowest BCUT2D eigenvalue weighted by Gasteiger charge is -2.32. The third-order valence-electron chi connectivity index (χ3n) is 3.33. The van der Waals surface area contributed by atoms with Crippen LogP contribution in [0.3, 0.4) is 0 Å². The Kier molecular flexibility index (Phi) is 3.67. The maximum absolute atomic E-state index is 12.5. The molecule has 20 heavy (non-hydrogen) atoms. The highest BCUT2D eigenvalue weighted by Gasteiger charge is 2.33. The molecule has 1 aliphatic rings. The summed E-state index contributed by atoms with van der Waals surface area (Å²) in [7, 11) is 0. The van der Waals surface area contributed by atoms with Crippen molar-refractivity contribution in [1.29, 1.82) is 5.26 Å². The summed E-state index contributed by atoms with van der Waals surface area (Å²) in [5.41, 5.74) is 0.754. The van der Waals surface area contributed by atoms with Crippen molar-refractivity contribution in [3.05, 3.63) is 23.5 Å². The van der Waals surface area contributed by atoms with Crippen molar-refractivity contribution in [2.24, 2.45) is 5.41 Å². The third-order valence-corrected chi connectivity index (χ3v) is 3.33. The third kappa shape index (κ3) is 2.60. The molecule has 2 heterocycles. The van der Waals surface area contributed by atoms with Gasteiger partial charge >= 0.3 is 0 Å². The number of carbonyl (C=O) groups excluding carboxylic acids is 1. The summed E-state index contributed by atoms with van der Waals surface area (Å²) >= 11 is 0. The monoisotopic (exact) mass is 273 g/mol. The first-order chi connectivity index (χ1) is 9.34. The Morgan fingerprint density at radius 3 is 2.80 bits per heavy atom. The van der Waals surface area contributed by atoms with Gasteiger partial charge in [0.15, 0.2) is 0 Å². The van der Waals surface area contributed by atoms with Crippen LogP contribution in [0.4, 0.5) is 0 Å². The average Bonchev–Trinajstić information content (AvgIpc) is 2.56. The van der Waals surface area contributed by atoms with Crippen molar-refractivity contribution in [3.63, 3.8) is 0 Å². The molecular formula is C15H19N3O2. The summed E-state index contributed by atoms with van der Waals surface area (Å²) < 4.78 is 5.72. The van der Waals surface area contributed by atoms with Gasteiger partial charge in [0.05, 0.1) is 12.6 Å². The first-order valence-corrected chi connectivity index (χ1v) is 6.65. The van der Waals surface area contributed by atoms with E-state index < -0.39 is 5.41 Å². The lowest BCUT2D eigenvalue weighted by Crippen LogP contribution is -2.45. The van der Waals surface area contributed by atoms with Crippen LogP contribution in [0.2, 0.25) is 0 Å². The Hall–Kier alpha value is -2.09. The van der Waals surface area contributed by atoms with Crippen LogP contribution in [0, 0.1) is 16.7 Å². The predicted octanol–water partition coefficient (Wildman–Crippen LogP) is 2.11. The van der Waals surface area contributed by atoms with Gasteiger partial charge in [0.1, 0.15) is 24.0 Å². The second kappa shape index (κ2) is 5.12. The van der Waals surface area contributed by atoms with Crippen LogP contribution in [0.15, 0.2) is 12.4 Å². The number of nitriles is 1. The maximum atomic E-state index is 12.5. The van der Waals surface area contributed by atoms with Gasteiger partial charge in [0.25, 0.3) is 0 Å². The highest BCUT2D eigenvalue weighted by atomic mass is 16.5. The van der Waals surface area contributed by atoms with Crippen molar-refractivity contribution in [3.8, 4) is 11.8 Å². The van der Waals surface area contributed by atoms with E-state index in [0.29, 0.717) is 24.5 Å². The minimum Gasteiger partial charge on any atom is -0.490 e. The lowest BCUT2D eigenvalue weighted by atomic mass is 9.93. The van der Waals surface area contributed by atoms with Crippen LogP contribution >= 0.6 is 0 Å². The number of pyridine rings is 1. The lowest BCUT2D eigenvalue weighted by molar-refractivity contribution is -0.142. The Morgan fingerprint density at radius 1 is 1.50 bits per heavy atom. The van der Waals surface area contributed by atoms with Gasteiger partial charge in [-0.3, -0.25) is 9.78 Å². The molecule has 0 N–H and O–H groups in total. The number of fused-ring (bicyclic) bond motifs is 1. The average molecular weight is 273 g/mol. The molecule has 1 aliphatic heterocycles. The summed E-state index contributed by atoms with van der Waals surface area (Å²) in [5, 5.41) is 9.11. The highest BCUT2D eigenvalue weighted by molar-refractivity contribution is 5.82. The fourth-order valence-electron chi connectivity index (χ4n) is 2.19. The van der Waals surface area contributed by atoms with E-state index in [0.717, 1.165) is 5.56 Å². The van der Waals surface area contributed by atoms with Gasteiger partial charge in [-0.1, -0.05) is 20.8 Å². The van der Waals surface area contributed by atoms with Crippen LogP contribution in [-0.2, 0) is 11.3 Å². The van der Waals surface area contributed by atoms with Crippen LogP contribution in [0.1, 0.15) is 38.8 Å². The van der Waals surface area contributed by atoms with Gasteiger partial charge in [0.2, 0.25) is 5.91 Å². The molecule has 5 heteroatoms. The summed E-state index contributed by atoms with van der Waals surface area (Å²) in [6.45, 7) is 8.47. The van der Waals surface area contributed by atoms with E-state index in [1.54, 1.807) is 11.1 Å². The topological polar surface area (TPSA) is 66.2 Å². The molecule has 1 aromatic rings. The van der Waals surface area contributed by atoms with E-state index in [2.05, 4.69) is 11.1 Å². The number of hydrogen-bond acceptors (Lipinski definition) is 4. The number of rotatable bonds is 0. The molecule has 2 rings (SSSR count). The van der Waals surface area contributed by atoms with Crippen molar-refractivity contribution in [2.45, 2.75) is 40.3 Å². The first-order valence-electron chi connectivity index (χ1n) is 6.65. The van der Waals surface area contributed by atoms with Gasteiger partial charge in [-0.25, -0.2) is 0 Å². The number of amides is 1. The minimum absolute atomic E-state index is 0.0410. The van der Waals surface area contributed by atoms with E-state index in [1.807, 2.05) is 27.7 Å². The highest BCUT2D eigenvalue weighted by Crippen LogP contribution is 2.30. The van der Waals surface area contributed by atoms with E-state index >= 15 is 0 Å². The maximum Gasteiger partial charge on any atom is 0.228 e. The SMILES string of the molecule is C[C@@H]1COc2c(C#N)cncc2CN1C(=O)C(C)(C)C. The molecule has 0 aromatic carbocycles. The molecule has 0 spiro atoms. The Labute approximate surface area is 119 Å². The molecule has 0 saturated carbocycles. The van der Waals surface area contributed by atoms with Gasteiger partial charge in [-0.15, -0.1) is 0 Å². The number of nitrogens with zero attached hydrogens (tertiary/aromatic N) is 3. The summed E-state index contributed by atoms with van der Waals surface area (Å²) in [6, 6.07) is 2.04. The second-order valence-electron chi connectivity index (χ2n) is 6.13. The standard InChI is InChI=1S/C15H19N3O2/c1-10-9-20-13-11(5-16)6-17-7-12(13)8-18(10)14(19)15(2,3)4/h6-7,10H,8-9H2,1-4H3/t10-/m1/s1. The zero-order valence-electron chi connectivity index (χ0n) is 12.3. The number of carbonyl (C=O) groups is 1. The number of ether oxygens (including phenoxy) is 1. The molecule has 0 fully saturated rings. The Balaban J connectivity index is 2.39. The minimum atomic E-state index is -0.445. The number of hydrogen-bond donors (Lipinski definition) is 0. The Bertz CT molecular complexity index is 569. The molecule has 5 nitrogen and oxygen atoms in total. The zero-order chi connectivity index (χ0) is 14.9. The van der Waals surface area contributed by atoms with Gasteiger partial charge in [0, 0.05) is 23.4 Å². The van der Waals surface area contributed by atoms with Crippen molar-refractivity contribution in [2.75, 3.05) is 6.61 Å². The van der Waals surface area contributed by atoms with Crippen molar-refractivity contribution < 1.29 is 9.53 Å². The van der Waals surface area contributed by atoms with Crippen LogP contribution in [0.25, 0.3) is 0 Å². The normalized spacial score (nSPS) is 18.6. The molecule has 0 unspecified atom stereocenters. The van der Waals surface area contributed by atoms with Gasteiger partial charge in [-0.05, 0) is 6.92 Å². The van der Waals surface area contributed by atoms with E-state index in [9.17, 15) is 4.79 Å². The fourth-order valence-corrected chi connectivity index (χ4v) is 2.19. The second-order valence-corrected chi connectivity index (χ2v) is 6.13. The van der Waals surface area contributed by atoms with Crippen molar-refractivity contribution >= 4 is 5.91 Å². The zero-order valence-corrected chi connectivity index (χ0v) is 12.3. The van der Waals surface area contributed by atoms with Crippen molar-refractivity contribution in [1.82, 2.24) is 9.88 Å². The molecule has 0 aliphatic carbocycles. The Morgan fingerprint density at radius 2 is 2.20 bits per heavy atom. The summed E-state index contributed by atoms with van der Waals surface area (Å²) in [5.74, 6) is 0.627. The van der Waals surface area contributed by atoms with E-state index in [1.165, 1.54) is 6.20 Å². The van der Waals surface area contributed by atoms with Crippen LogP contribution in [-0.4, -0.2) is 28.4 Å². The molecular weight excluding hydrogens is 254 g/mol. The predicted molar refractivity (Wildman–Crippen MR) is 73.9 cm³/mol. The molecule has 1 atom stereocenters. The first kappa shape index (κ1) is 14.3. The smallest absolute Gasteiger partial charge is 0.228 e. The molecule has 106 valence electrons. The molecule has 1 amide bonds. The largest absolute Gasteiger partial charge is 0.490 e. The van der Waals surface area contributed by atoms with Gasteiger partial charge in [-0.2, -0.15) is 5.26 Å². The van der Waals surface area contributed by atoms with Crippen LogP contribution < -0.4 is 4.74 Å². The molecule has 0 saturated heterocycles. The fraction of sp³-hybridized carbons (Fsp3) is 0.533.